The fourth-order valence-electron chi connectivity index (χ4n) is 3.26. The van der Waals surface area contributed by atoms with Crippen LogP contribution in [-0.4, -0.2) is 10.9 Å². The molecule has 1 aliphatic rings. The Morgan fingerprint density at radius 3 is 2.46 bits per heavy atom. The van der Waals surface area contributed by atoms with E-state index in [9.17, 15) is 13.2 Å². The molecule has 0 radical (unpaired) electrons. The lowest BCUT2D eigenvalue weighted by atomic mass is 9.92. The molecule has 1 aliphatic heterocycles. The van der Waals surface area contributed by atoms with Gasteiger partial charge in [-0.3, -0.25) is 0 Å². The van der Waals surface area contributed by atoms with Gasteiger partial charge in [-0.1, -0.05) is 29.8 Å². The average molecular weight is 401 g/mol. The summed E-state index contributed by atoms with van der Waals surface area (Å²) in [4.78, 5) is 0.636. The fourth-order valence-corrected chi connectivity index (χ4v) is 4.88. The van der Waals surface area contributed by atoms with Crippen molar-refractivity contribution in [1.82, 2.24) is 0 Å². The zero-order valence-electron chi connectivity index (χ0n) is 14.5. The molecule has 6 heteroatoms. The Hall–Kier alpha value is -1.17. The van der Waals surface area contributed by atoms with E-state index in [1.54, 1.807) is 6.07 Å². The van der Waals surface area contributed by atoms with Gasteiger partial charge in [0, 0.05) is 15.2 Å². The van der Waals surface area contributed by atoms with E-state index >= 15 is 0 Å². The summed E-state index contributed by atoms with van der Waals surface area (Å²) in [6, 6.07) is 13.1. The molecule has 1 saturated heterocycles. The van der Waals surface area contributed by atoms with E-state index in [1.165, 1.54) is 23.9 Å². The molecule has 1 nitrogen and oxygen atoms in total. The van der Waals surface area contributed by atoms with Crippen molar-refractivity contribution in [3.8, 4) is 0 Å². The van der Waals surface area contributed by atoms with E-state index in [2.05, 4.69) is 0 Å². The van der Waals surface area contributed by atoms with E-state index < -0.39 is 11.7 Å². The zero-order valence-corrected chi connectivity index (χ0v) is 16.1. The summed E-state index contributed by atoms with van der Waals surface area (Å²) in [6.07, 6.45) is -2.90. The normalized spacial score (nSPS) is 23.0. The van der Waals surface area contributed by atoms with Crippen molar-refractivity contribution in [3.63, 3.8) is 0 Å². The summed E-state index contributed by atoms with van der Waals surface area (Å²) in [6.45, 7) is 4.05. The van der Waals surface area contributed by atoms with Crippen molar-refractivity contribution in [1.29, 1.82) is 0 Å². The lowest BCUT2D eigenvalue weighted by Crippen LogP contribution is -2.37. The Kier molecular flexibility index (Phi) is 5.61. The molecule has 3 rings (SSSR count). The molecule has 2 atom stereocenters. The highest BCUT2D eigenvalue weighted by Gasteiger charge is 2.36. The van der Waals surface area contributed by atoms with Gasteiger partial charge in [0.2, 0.25) is 0 Å². The molecule has 2 unspecified atom stereocenters. The first kappa shape index (κ1) is 19.6. The Labute approximate surface area is 160 Å². The zero-order chi connectivity index (χ0) is 18.9. The number of hydrogen-bond acceptors (Lipinski definition) is 2. The van der Waals surface area contributed by atoms with Crippen LogP contribution in [0.2, 0.25) is 5.02 Å². The second-order valence-corrected chi connectivity index (χ2v) is 8.93. The molecular formula is C20H20ClF3OS. The SMILES string of the molecule is CC1(C)CC(Sc2cccc(C(F)(F)F)c2)CC(c2ccc(Cl)cc2)O1. The summed E-state index contributed by atoms with van der Waals surface area (Å²) in [5.74, 6) is 0. The number of rotatable bonds is 3. The van der Waals surface area contributed by atoms with Crippen molar-refractivity contribution < 1.29 is 17.9 Å². The quantitative estimate of drug-likeness (QED) is 0.541. The maximum Gasteiger partial charge on any atom is 0.416 e. The fraction of sp³-hybridized carbons (Fsp3) is 0.400. The van der Waals surface area contributed by atoms with Crippen LogP contribution in [0.3, 0.4) is 0 Å². The molecule has 1 heterocycles. The smallest absolute Gasteiger partial charge is 0.368 e. The number of thioether (sulfide) groups is 1. The van der Waals surface area contributed by atoms with Gasteiger partial charge >= 0.3 is 6.18 Å². The molecule has 0 saturated carbocycles. The van der Waals surface area contributed by atoms with Gasteiger partial charge in [-0.25, -0.2) is 0 Å². The summed E-state index contributed by atoms with van der Waals surface area (Å²) in [5.41, 5.74) is 0.0851. The first-order valence-electron chi connectivity index (χ1n) is 8.40. The van der Waals surface area contributed by atoms with Gasteiger partial charge in [-0.05, 0) is 62.6 Å². The molecule has 0 aliphatic carbocycles. The molecule has 0 bridgehead atoms. The molecule has 2 aromatic rings. The van der Waals surface area contributed by atoms with Crippen molar-refractivity contribution in [3.05, 3.63) is 64.7 Å². The van der Waals surface area contributed by atoms with Crippen LogP contribution in [0.1, 0.15) is 43.9 Å². The molecule has 1 fully saturated rings. The third kappa shape index (κ3) is 4.96. The van der Waals surface area contributed by atoms with Crippen LogP contribution in [0.25, 0.3) is 0 Å². The largest absolute Gasteiger partial charge is 0.416 e. The van der Waals surface area contributed by atoms with E-state index in [-0.39, 0.29) is 17.0 Å². The number of hydrogen-bond donors (Lipinski definition) is 0. The summed E-state index contributed by atoms with van der Waals surface area (Å²) < 4.78 is 45.0. The number of benzene rings is 2. The molecule has 0 amide bonds. The van der Waals surface area contributed by atoms with Gasteiger partial charge in [0.05, 0.1) is 17.3 Å². The summed E-state index contributed by atoms with van der Waals surface area (Å²) in [5, 5.41) is 0.835. The first-order chi connectivity index (χ1) is 12.1. The third-order valence-electron chi connectivity index (χ3n) is 4.36. The van der Waals surface area contributed by atoms with E-state index in [0.29, 0.717) is 9.92 Å². The lowest BCUT2D eigenvalue weighted by molar-refractivity contribution is -0.137. The Morgan fingerprint density at radius 2 is 1.81 bits per heavy atom. The molecule has 0 aromatic heterocycles. The highest BCUT2D eigenvalue weighted by molar-refractivity contribution is 8.00. The van der Waals surface area contributed by atoms with Crippen molar-refractivity contribution in [2.24, 2.45) is 0 Å². The van der Waals surface area contributed by atoms with Crippen molar-refractivity contribution >= 4 is 23.4 Å². The van der Waals surface area contributed by atoms with Crippen molar-refractivity contribution in [2.45, 2.75) is 54.7 Å². The van der Waals surface area contributed by atoms with Crippen LogP contribution >= 0.6 is 23.4 Å². The highest BCUT2D eigenvalue weighted by Crippen LogP contribution is 2.44. The van der Waals surface area contributed by atoms with Crippen molar-refractivity contribution in [2.75, 3.05) is 0 Å². The number of halogens is 4. The standard InChI is InChI=1S/C20H20ClF3OS/c1-19(2)12-17(11-18(25-19)13-6-8-15(21)9-7-13)26-16-5-3-4-14(10-16)20(22,23)24/h3-10,17-18H,11-12H2,1-2H3. The predicted octanol–water partition coefficient (Wildman–Crippen LogP) is 7.15. The molecule has 140 valence electrons. The maximum atomic E-state index is 12.9. The number of ether oxygens (including phenoxy) is 1. The van der Waals surface area contributed by atoms with Gasteiger partial charge in [0.1, 0.15) is 0 Å². The average Bonchev–Trinajstić information content (AvgIpc) is 2.53. The highest BCUT2D eigenvalue weighted by atomic mass is 35.5. The maximum absolute atomic E-state index is 12.9. The van der Waals surface area contributed by atoms with Crippen LogP contribution in [0.15, 0.2) is 53.4 Å². The second-order valence-electron chi connectivity index (χ2n) is 7.12. The van der Waals surface area contributed by atoms with E-state index in [1.807, 2.05) is 38.1 Å². The predicted molar refractivity (Wildman–Crippen MR) is 99.7 cm³/mol. The minimum atomic E-state index is -4.32. The molecule has 0 spiro atoms. The Balaban J connectivity index is 1.78. The monoisotopic (exact) mass is 400 g/mol. The third-order valence-corrected chi connectivity index (χ3v) is 5.83. The molecule has 26 heavy (non-hydrogen) atoms. The van der Waals surface area contributed by atoms with E-state index in [0.717, 1.165) is 24.5 Å². The van der Waals surface area contributed by atoms with Crippen LogP contribution in [0.4, 0.5) is 13.2 Å². The number of alkyl halides is 3. The summed E-state index contributed by atoms with van der Waals surface area (Å²) in [7, 11) is 0. The van der Waals surface area contributed by atoms with E-state index in [4.69, 9.17) is 16.3 Å². The first-order valence-corrected chi connectivity index (χ1v) is 9.65. The molecule has 0 N–H and O–H groups in total. The Morgan fingerprint density at radius 1 is 1.12 bits per heavy atom. The van der Waals surface area contributed by atoms with Gasteiger partial charge < -0.3 is 4.74 Å². The summed E-state index contributed by atoms with van der Waals surface area (Å²) >= 11 is 7.45. The van der Waals surface area contributed by atoms with Crippen LogP contribution in [0, 0.1) is 0 Å². The lowest BCUT2D eigenvalue weighted by Gasteiger charge is -2.40. The Bertz CT molecular complexity index is 758. The second kappa shape index (κ2) is 7.45. The van der Waals surface area contributed by atoms with Crippen LogP contribution in [0.5, 0.6) is 0 Å². The molecular weight excluding hydrogens is 381 g/mol. The van der Waals surface area contributed by atoms with Crippen LogP contribution in [-0.2, 0) is 10.9 Å². The minimum absolute atomic E-state index is 0.0979. The van der Waals surface area contributed by atoms with Gasteiger partial charge in [0.15, 0.2) is 0 Å². The van der Waals surface area contributed by atoms with Gasteiger partial charge in [0.25, 0.3) is 0 Å². The van der Waals surface area contributed by atoms with Gasteiger partial charge in [-0.15, -0.1) is 11.8 Å². The molecule has 2 aromatic carbocycles. The van der Waals surface area contributed by atoms with Gasteiger partial charge in [-0.2, -0.15) is 13.2 Å². The van der Waals surface area contributed by atoms with Crippen LogP contribution < -0.4 is 0 Å². The topological polar surface area (TPSA) is 9.23 Å². The minimum Gasteiger partial charge on any atom is -0.368 e.